The Morgan fingerprint density at radius 1 is 1.50 bits per heavy atom. The van der Waals surface area contributed by atoms with Crippen LogP contribution in [0, 0.1) is 5.82 Å². The molecular weight excluding hydrogens is 177 g/mol. The van der Waals surface area contributed by atoms with Crippen LogP contribution in [0.1, 0.15) is 5.56 Å². The van der Waals surface area contributed by atoms with E-state index in [1.807, 2.05) is 6.07 Å². The van der Waals surface area contributed by atoms with E-state index in [0.29, 0.717) is 11.4 Å². The summed E-state index contributed by atoms with van der Waals surface area (Å²) in [6.45, 7) is 0. The number of hydrogen-bond acceptors (Lipinski definition) is 2. The molecule has 0 saturated heterocycles. The molecule has 0 radical (unpaired) electrons. The first-order valence-corrected chi connectivity index (χ1v) is 4.47. The molecule has 0 bridgehead atoms. The van der Waals surface area contributed by atoms with E-state index >= 15 is 0 Å². The van der Waals surface area contributed by atoms with Crippen molar-refractivity contribution in [3.63, 3.8) is 0 Å². The zero-order valence-electron chi connectivity index (χ0n) is 6.13. The molecule has 12 heavy (non-hydrogen) atoms. The standard InChI is InChI=1S/C8H6FNOS/c9-6-3-1-2-5-4-12-8(11)10-7(5)6/h1-3H,4H2,(H,10,11). The highest BCUT2D eigenvalue weighted by atomic mass is 32.2. The lowest BCUT2D eigenvalue weighted by atomic mass is 10.2. The average molecular weight is 183 g/mol. The third kappa shape index (κ3) is 1.18. The van der Waals surface area contributed by atoms with Gasteiger partial charge in [-0.1, -0.05) is 23.9 Å². The number of anilines is 1. The lowest BCUT2D eigenvalue weighted by Gasteiger charge is -2.15. The lowest BCUT2D eigenvalue weighted by molar-refractivity contribution is 0.269. The maximum atomic E-state index is 13.0. The number of fused-ring (bicyclic) bond motifs is 1. The Labute approximate surface area is 73.2 Å². The number of rotatable bonds is 0. The molecule has 1 aromatic carbocycles. The van der Waals surface area contributed by atoms with E-state index in [-0.39, 0.29) is 11.1 Å². The van der Waals surface area contributed by atoms with Crippen LogP contribution in [0.3, 0.4) is 0 Å². The van der Waals surface area contributed by atoms with Gasteiger partial charge < -0.3 is 5.32 Å². The molecule has 0 aromatic heterocycles. The number of hydrogen-bond donors (Lipinski definition) is 1. The minimum absolute atomic E-state index is 0.187. The normalized spacial score (nSPS) is 15.2. The van der Waals surface area contributed by atoms with Crippen molar-refractivity contribution in [3.05, 3.63) is 29.6 Å². The zero-order valence-corrected chi connectivity index (χ0v) is 6.95. The van der Waals surface area contributed by atoms with E-state index in [2.05, 4.69) is 5.32 Å². The molecule has 0 aliphatic carbocycles. The van der Waals surface area contributed by atoms with E-state index < -0.39 is 0 Å². The van der Waals surface area contributed by atoms with Gasteiger partial charge in [0.2, 0.25) is 0 Å². The molecule has 1 N–H and O–H groups in total. The van der Waals surface area contributed by atoms with Gasteiger partial charge in [-0.15, -0.1) is 0 Å². The number of halogens is 1. The van der Waals surface area contributed by atoms with E-state index in [1.165, 1.54) is 6.07 Å². The van der Waals surface area contributed by atoms with Crippen LogP contribution in [0.2, 0.25) is 0 Å². The summed E-state index contributed by atoms with van der Waals surface area (Å²) in [5, 5.41) is 2.29. The predicted molar refractivity (Wildman–Crippen MR) is 46.7 cm³/mol. The number of benzene rings is 1. The topological polar surface area (TPSA) is 29.1 Å². The van der Waals surface area contributed by atoms with Crippen molar-refractivity contribution in [3.8, 4) is 0 Å². The molecule has 1 aliphatic rings. The third-order valence-electron chi connectivity index (χ3n) is 1.69. The monoisotopic (exact) mass is 183 g/mol. The van der Waals surface area contributed by atoms with Gasteiger partial charge in [0, 0.05) is 5.75 Å². The Balaban J connectivity index is 2.50. The molecule has 62 valence electrons. The number of carbonyl (C=O) groups excluding carboxylic acids is 1. The number of amides is 1. The molecule has 4 heteroatoms. The highest BCUT2D eigenvalue weighted by Crippen LogP contribution is 2.29. The number of carbonyl (C=O) groups is 1. The Morgan fingerprint density at radius 2 is 2.33 bits per heavy atom. The SMILES string of the molecule is O=C1Nc2c(F)cccc2CS1. The Bertz CT molecular complexity index is 340. The summed E-state index contributed by atoms with van der Waals surface area (Å²) in [6.07, 6.45) is 0. The van der Waals surface area contributed by atoms with Crippen molar-refractivity contribution in [2.24, 2.45) is 0 Å². The maximum absolute atomic E-state index is 13.0. The number of para-hydroxylation sites is 1. The molecular formula is C8H6FNOS. The van der Waals surface area contributed by atoms with Crippen molar-refractivity contribution in [1.29, 1.82) is 0 Å². The summed E-state index contributed by atoms with van der Waals surface area (Å²) in [6, 6.07) is 4.80. The molecule has 2 nitrogen and oxygen atoms in total. The second-order valence-electron chi connectivity index (χ2n) is 2.48. The summed E-state index contributed by atoms with van der Waals surface area (Å²) >= 11 is 1.15. The number of thioether (sulfide) groups is 1. The van der Waals surface area contributed by atoms with Gasteiger partial charge >= 0.3 is 0 Å². The third-order valence-corrected chi connectivity index (χ3v) is 2.51. The largest absolute Gasteiger partial charge is 0.314 e. The highest BCUT2D eigenvalue weighted by Gasteiger charge is 2.17. The van der Waals surface area contributed by atoms with Crippen molar-refractivity contribution < 1.29 is 9.18 Å². The molecule has 0 unspecified atom stereocenters. The zero-order chi connectivity index (χ0) is 8.55. The second-order valence-corrected chi connectivity index (χ2v) is 3.42. The summed E-state index contributed by atoms with van der Waals surface area (Å²) in [7, 11) is 0. The molecule has 1 aliphatic heterocycles. The fourth-order valence-corrected chi connectivity index (χ4v) is 1.81. The summed E-state index contributed by atoms with van der Waals surface area (Å²) in [4.78, 5) is 10.9. The van der Waals surface area contributed by atoms with Gasteiger partial charge in [-0.2, -0.15) is 0 Å². The van der Waals surface area contributed by atoms with E-state index in [1.54, 1.807) is 6.07 Å². The molecule has 0 spiro atoms. The van der Waals surface area contributed by atoms with Crippen LogP contribution in [0.5, 0.6) is 0 Å². The first-order valence-electron chi connectivity index (χ1n) is 3.48. The molecule has 1 amide bonds. The van der Waals surface area contributed by atoms with Crippen LogP contribution in [0.4, 0.5) is 14.9 Å². The minimum atomic E-state index is -0.360. The fourth-order valence-electron chi connectivity index (χ4n) is 1.11. The smallest absolute Gasteiger partial charge is 0.283 e. The predicted octanol–water partition coefficient (Wildman–Crippen LogP) is 2.60. The highest BCUT2D eigenvalue weighted by molar-refractivity contribution is 8.13. The first-order chi connectivity index (χ1) is 5.77. The molecule has 1 aromatic rings. The van der Waals surface area contributed by atoms with Gasteiger partial charge in [-0.25, -0.2) is 4.39 Å². The van der Waals surface area contributed by atoms with Crippen molar-refractivity contribution in [1.82, 2.24) is 0 Å². The molecule has 2 rings (SSSR count). The first kappa shape index (κ1) is 7.61. The van der Waals surface area contributed by atoms with Gasteiger partial charge in [0.15, 0.2) is 0 Å². The van der Waals surface area contributed by atoms with Crippen LogP contribution < -0.4 is 5.32 Å². The Morgan fingerprint density at radius 3 is 3.17 bits per heavy atom. The Hall–Kier alpha value is -1.03. The van der Waals surface area contributed by atoms with E-state index in [9.17, 15) is 9.18 Å². The van der Waals surface area contributed by atoms with Crippen LogP contribution >= 0.6 is 11.8 Å². The lowest BCUT2D eigenvalue weighted by Crippen LogP contribution is -2.13. The van der Waals surface area contributed by atoms with E-state index in [4.69, 9.17) is 0 Å². The average Bonchev–Trinajstić information content (AvgIpc) is 2.07. The van der Waals surface area contributed by atoms with Gasteiger partial charge in [0.1, 0.15) is 5.82 Å². The van der Waals surface area contributed by atoms with Crippen LogP contribution in [0.25, 0.3) is 0 Å². The number of nitrogens with one attached hydrogen (secondary N) is 1. The molecule has 0 fully saturated rings. The molecule has 0 saturated carbocycles. The summed E-state index contributed by atoms with van der Waals surface area (Å²) in [5.41, 5.74) is 1.18. The van der Waals surface area contributed by atoms with Crippen LogP contribution in [-0.4, -0.2) is 5.24 Å². The van der Waals surface area contributed by atoms with Crippen LogP contribution in [-0.2, 0) is 5.75 Å². The molecule has 0 atom stereocenters. The summed E-state index contributed by atoms with van der Waals surface area (Å²) < 4.78 is 13.0. The minimum Gasteiger partial charge on any atom is -0.314 e. The van der Waals surface area contributed by atoms with Crippen molar-refractivity contribution in [2.75, 3.05) is 5.32 Å². The Kier molecular flexibility index (Phi) is 1.77. The second kappa shape index (κ2) is 2.79. The fraction of sp³-hybridized carbons (Fsp3) is 0.125. The van der Waals surface area contributed by atoms with Gasteiger partial charge in [-0.3, -0.25) is 4.79 Å². The quantitative estimate of drug-likeness (QED) is 0.669. The van der Waals surface area contributed by atoms with Crippen molar-refractivity contribution >= 4 is 22.7 Å². The summed E-state index contributed by atoms with van der Waals surface area (Å²) in [5.74, 6) is 0.194. The van der Waals surface area contributed by atoms with E-state index in [0.717, 1.165) is 17.3 Å². The van der Waals surface area contributed by atoms with Gasteiger partial charge in [-0.05, 0) is 11.6 Å². The maximum Gasteiger partial charge on any atom is 0.283 e. The molecule has 1 heterocycles. The van der Waals surface area contributed by atoms with Gasteiger partial charge in [0.05, 0.1) is 5.69 Å². The van der Waals surface area contributed by atoms with Gasteiger partial charge in [0.25, 0.3) is 5.24 Å². The van der Waals surface area contributed by atoms with Crippen LogP contribution in [0.15, 0.2) is 18.2 Å². The van der Waals surface area contributed by atoms with Crippen molar-refractivity contribution in [2.45, 2.75) is 5.75 Å².